The quantitative estimate of drug-likeness (QED) is 0.694. The Labute approximate surface area is 125 Å². The molecule has 0 atom stereocenters. The van der Waals surface area contributed by atoms with Crippen molar-refractivity contribution in [3.63, 3.8) is 0 Å². The summed E-state index contributed by atoms with van der Waals surface area (Å²) < 4.78 is 5.65. The van der Waals surface area contributed by atoms with Gasteiger partial charge in [-0.15, -0.1) is 0 Å². The average Bonchev–Trinajstić information content (AvgIpc) is 2.99. The van der Waals surface area contributed by atoms with Crippen LogP contribution in [0.1, 0.15) is 18.9 Å². The maximum absolute atomic E-state index is 5.65. The molecule has 0 aliphatic heterocycles. The van der Waals surface area contributed by atoms with Crippen LogP contribution < -0.4 is 10.1 Å². The molecule has 0 amide bonds. The Kier molecular flexibility index (Phi) is 4.10. The lowest BCUT2D eigenvalue weighted by molar-refractivity contribution is 0.317. The molecule has 0 unspecified atom stereocenters. The van der Waals surface area contributed by atoms with Crippen LogP contribution in [0.5, 0.6) is 5.75 Å². The largest absolute Gasteiger partial charge is 0.494 e. The van der Waals surface area contributed by atoms with E-state index in [0.717, 1.165) is 31.0 Å². The predicted octanol–water partition coefficient (Wildman–Crippen LogP) is 4.57. The molecule has 0 saturated carbocycles. The summed E-state index contributed by atoms with van der Waals surface area (Å²) >= 11 is 0. The zero-order valence-corrected chi connectivity index (χ0v) is 12.2. The van der Waals surface area contributed by atoms with Gasteiger partial charge in [0.1, 0.15) is 5.75 Å². The van der Waals surface area contributed by atoms with Crippen LogP contribution >= 0.6 is 0 Å². The van der Waals surface area contributed by atoms with Crippen LogP contribution in [0.4, 0.5) is 5.69 Å². The number of nitrogens with one attached hydrogen (secondary N) is 2. The normalized spacial score (nSPS) is 10.7. The van der Waals surface area contributed by atoms with Crippen LogP contribution in [0.2, 0.25) is 0 Å². The molecule has 21 heavy (non-hydrogen) atoms. The van der Waals surface area contributed by atoms with Crippen molar-refractivity contribution in [2.24, 2.45) is 0 Å². The van der Waals surface area contributed by atoms with Crippen molar-refractivity contribution >= 4 is 16.6 Å². The first-order chi connectivity index (χ1) is 10.3. The van der Waals surface area contributed by atoms with Crippen molar-refractivity contribution in [1.29, 1.82) is 0 Å². The third kappa shape index (κ3) is 3.37. The summed E-state index contributed by atoms with van der Waals surface area (Å²) in [4.78, 5) is 3.24. The number of aromatic nitrogens is 1. The highest BCUT2D eigenvalue weighted by Crippen LogP contribution is 2.19. The van der Waals surface area contributed by atoms with Gasteiger partial charge in [-0.3, -0.25) is 0 Å². The van der Waals surface area contributed by atoms with Gasteiger partial charge in [0.2, 0.25) is 0 Å². The molecule has 108 valence electrons. The highest BCUT2D eigenvalue weighted by atomic mass is 16.5. The van der Waals surface area contributed by atoms with Crippen molar-refractivity contribution < 1.29 is 4.74 Å². The predicted molar refractivity (Wildman–Crippen MR) is 87.9 cm³/mol. The lowest BCUT2D eigenvalue weighted by Crippen LogP contribution is -2.00. The third-order valence-corrected chi connectivity index (χ3v) is 3.42. The number of benzene rings is 2. The molecule has 3 nitrogen and oxygen atoms in total. The van der Waals surface area contributed by atoms with Gasteiger partial charge in [-0.25, -0.2) is 0 Å². The fourth-order valence-electron chi connectivity index (χ4n) is 2.32. The third-order valence-electron chi connectivity index (χ3n) is 3.42. The molecule has 2 aromatic carbocycles. The Morgan fingerprint density at radius 1 is 1.10 bits per heavy atom. The van der Waals surface area contributed by atoms with E-state index in [1.165, 1.54) is 16.5 Å². The van der Waals surface area contributed by atoms with Gasteiger partial charge in [-0.1, -0.05) is 25.1 Å². The smallest absolute Gasteiger partial charge is 0.121 e. The summed E-state index contributed by atoms with van der Waals surface area (Å²) in [6, 6.07) is 16.7. The first-order valence-electron chi connectivity index (χ1n) is 7.38. The first kappa shape index (κ1) is 13.6. The SMILES string of the molecule is CCCOc1cccc(NCc2ccc3cc[nH]c3c2)c1. The van der Waals surface area contributed by atoms with Crippen LogP contribution in [0.25, 0.3) is 10.9 Å². The lowest BCUT2D eigenvalue weighted by Gasteiger charge is -2.09. The second-order valence-corrected chi connectivity index (χ2v) is 5.13. The number of ether oxygens (including phenoxy) is 1. The minimum absolute atomic E-state index is 0.757. The van der Waals surface area contributed by atoms with Gasteiger partial charge in [0.05, 0.1) is 6.61 Å². The Bertz CT molecular complexity index is 718. The Morgan fingerprint density at radius 3 is 2.95 bits per heavy atom. The van der Waals surface area contributed by atoms with E-state index >= 15 is 0 Å². The van der Waals surface area contributed by atoms with Gasteiger partial charge in [0.25, 0.3) is 0 Å². The molecule has 3 rings (SSSR count). The van der Waals surface area contributed by atoms with E-state index in [4.69, 9.17) is 4.74 Å². The maximum Gasteiger partial charge on any atom is 0.121 e. The second-order valence-electron chi connectivity index (χ2n) is 5.13. The number of rotatable bonds is 6. The Morgan fingerprint density at radius 2 is 2.05 bits per heavy atom. The van der Waals surface area contributed by atoms with Gasteiger partial charge >= 0.3 is 0 Å². The molecular formula is C18H20N2O. The molecule has 2 N–H and O–H groups in total. The topological polar surface area (TPSA) is 37.0 Å². The molecule has 0 aliphatic carbocycles. The zero-order chi connectivity index (χ0) is 14.5. The van der Waals surface area contributed by atoms with Gasteiger partial charge in [-0.2, -0.15) is 0 Å². The molecule has 3 heteroatoms. The molecule has 0 spiro atoms. The first-order valence-corrected chi connectivity index (χ1v) is 7.38. The number of hydrogen-bond acceptors (Lipinski definition) is 2. The molecule has 0 bridgehead atoms. The summed E-state index contributed by atoms with van der Waals surface area (Å²) in [5.74, 6) is 0.918. The molecule has 0 saturated heterocycles. The van der Waals surface area contributed by atoms with Crippen LogP contribution in [0.15, 0.2) is 54.7 Å². The van der Waals surface area contributed by atoms with Gasteiger partial charge in [-0.05, 0) is 41.6 Å². The maximum atomic E-state index is 5.65. The van der Waals surface area contributed by atoms with E-state index < -0.39 is 0 Å². The van der Waals surface area contributed by atoms with Crippen molar-refractivity contribution in [3.05, 3.63) is 60.3 Å². The lowest BCUT2D eigenvalue weighted by atomic mass is 10.1. The average molecular weight is 280 g/mol. The number of fused-ring (bicyclic) bond motifs is 1. The fraction of sp³-hybridized carbons (Fsp3) is 0.222. The molecule has 1 aromatic heterocycles. The van der Waals surface area contributed by atoms with Crippen molar-refractivity contribution in [3.8, 4) is 5.75 Å². The Balaban J connectivity index is 1.66. The minimum Gasteiger partial charge on any atom is -0.494 e. The number of H-pyrrole nitrogens is 1. The molecule has 1 heterocycles. The van der Waals surface area contributed by atoms with Gasteiger partial charge in [0.15, 0.2) is 0 Å². The van der Waals surface area contributed by atoms with E-state index in [1.54, 1.807) is 0 Å². The summed E-state index contributed by atoms with van der Waals surface area (Å²) in [5, 5.41) is 4.68. The number of hydrogen-bond donors (Lipinski definition) is 2. The molecule has 0 radical (unpaired) electrons. The minimum atomic E-state index is 0.757. The fourth-order valence-corrected chi connectivity index (χ4v) is 2.32. The summed E-state index contributed by atoms with van der Waals surface area (Å²) in [6.07, 6.45) is 2.99. The van der Waals surface area contributed by atoms with Gasteiger partial charge < -0.3 is 15.0 Å². The van der Waals surface area contributed by atoms with Crippen LogP contribution in [-0.2, 0) is 6.54 Å². The van der Waals surface area contributed by atoms with Crippen molar-refractivity contribution in [2.45, 2.75) is 19.9 Å². The standard InChI is InChI=1S/C18H20N2O/c1-2-10-21-17-5-3-4-16(12-17)20-13-14-6-7-15-8-9-19-18(15)11-14/h3-9,11-12,19-20H,2,10,13H2,1H3. The number of anilines is 1. The van der Waals surface area contributed by atoms with E-state index in [1.807, 2.05) is 24.4 Å². The second kappa shape index (κ2) is 6.35. The van der Waals surface area contributed by atoms with Crippen LogP contribution in [0, 0.1) is 0 Å². The monoisotopic (exact) mass is 280 g/mol. The van der Waals surface area contributed by atoms with E-state index in [2.05, 4.69) is 47.6 Å². The summed E-state index contributed by atoms with van der Waals surface area (Å²) in [5.41, 5.74) is 3.51. The highest BCUT2D eigenvalue weighted by molar-refractivity contribution is 5.79. The summed E-state index contributed by atoms with van der Waals surface area (Å²) in [7, 11) is 0. The Hall–Kier alpha value is -2.42. The van der Waals surface area contributed by atoms with E-state index in [0.29, 0.717) is 0 Å². The zero-order valence-electron chi connectivity index (χ0n) is 12.2. The summed E-state index contributed by atoms with van der Waals surface area (Å²) in [6.45, 7) is 3.66. The molecule has 0 fully saturated rings. The molecule has 0 aliphatic rings. The van der Waals surface area contributed by atoms with E-state index in [9.17, 15) is 0 Å². The molecular weight excluding hydrogens is 260 g/mol. The van der Waals surface area contributed by atoms with Crippen LogP contribution in [-0.4, -0.2) is 11.6 Å². The van der Waals surface area contributed by atoms with Crippen molar-refractivity contribution in [1.82, 2.24) is 4.98 Å². The van der Waals surface area contributed by atoms with E-state index in [-0.39, 0.29) is 0 Å². The number of aromatic amines is 1. The van der Waals surface area contributed by atoms with Gasteiger partial charge in [0, 0.05) is 30.0 Å². The van der Waals surface area contributed by atoms with Crippen LogP contribution in [0.3, 0.4) is 0 Å². The highest BCUT2D eigenvalue weighted by Gasteiger charge is 1.99. The molecule has 3 aromatic rings. The van der Waals surface area contributed by atoms with Crippen molar-refractivity contribution in [2.75, 3.05) is 11.9 Å².